The zero-order valence-electron chi connectivity index (χ0n) is 63.0. The molecule has 6 heterocycles. The van der Waals surface area contributed by atoms with E-state index in [9.17, 15) is 43.2 Å². The van der Waals surface area contributed by atoms with Gasteiger partial charge in [0, 0.05) is 143 Å². The summed E-state index contributed by atoms with van der Waals surface area (Å²) in [5.74, 6) is -0.412. The van der Waals surface area contributed by atoms with Crippen LogP contribution in [0.1, 0.15) is 146 Å². The maximum absolute atomic E-state index is 12.9. The summed E-state index contributed by atoms with van der Waals surface area (Å²) >= 11 is 6.48. The predicted octanol–water partition coefficient (Wildman–Crippen LogP) is 10.7. The Kier molecular flexibility index (Phi) is 24.9. The molecule has 9 aliphatic rings. The number of nitrogens with one attached hydrogen (secondary N) is 6. The zero-order valence-corrected chi connectivity index (χ0v) is 63.8. The van der Waals surface area contributed by atoms with E-state index in [2.05, 4.69) is 104 Å². The van der Waals surface area contributed by atoms with Crippen LogP contribution in [0, 0.1) is 13.8 Å². The third-order valence-corrected chi connectivity index (χ3v) is 22.5. The van der Waals surface area contributed by atoms with Crippen LogP contribution in [0.5, 0.6) is 0 Å². The first-order valence-electron chi connectivity index (χ1n) is 38.5. The average molecular weight is 1510 g/mol. The number of halogens is 1. The molecule has 6 aliphatic heterocycles. The molecule has 3 unspecified atom stereocenters. The maximum atomic E-state index is 12.9. The summed E-state index contributed by atoms with van der Waals surface area (Å²) in [6, 6.07) is 33.9. The monoisotopic (exact) mass is 1510 g/mol. The molecule has 6 fully saturated rings. The Morgan fingerprint density at radius 3 is 1.06 bits per heavy atom. The van der Waals surface area contributed by atoms with Crippen molar-refractivity contribution in [3.8, 4) is 0 Å². The van der Waals surface area contributed by atoms with Crippen LogP contribution >= 0.6 is 11.6 Å². The van der Waals surface area contributed by atoms with Crippen LogP contribution in [0.2, 0.25) is 5.02 Å². The molecule has 0 bridgehead atoms. The van der Waals surface area contributed by atoms with Crippen molar-refractivity contribution in [2.45, 2.75) is 142 Å². The number of anilines is 6. The number of carbonyl (C=O) groups excluding carboxylic acids is 9. The van der Waals surface area contributed by atoms with E-state index in [0.717, 1.165) is 150 Å². The molecule has 23 nitrogen and oxygen atoms in total. The summed E-state index contributed by atoms with van der Waals surface area (Å²) < 4.78 is 10.8. The number of ether oxygens (including phenoxy) is 2. The number of nitrogens with zero attached hydrogens (tertiary/aromatic N) is 6. The van der Waals surface area contributed by atoms with Gasteiger partial charge in [0.05, 0.1) is 74.9 Å². The second kappa shape index (κ2) is 35.4. The molecule has 0 spiro atoms. The van der Waals surface area contributed by atoms with E-state index in [0.29, 0.717) is 113 Å². The van der Waals surface area contributed by atoms with Crippen LogP contribution in [0.25, 0.3) is 0 Å². The Balaban J connectivity index is 0.000000145. The van der Waals surface area contributed by atoms with Gasteiger partial charge in [-0.05, 0) is 183 Å². The summed E-state index contributed by atoms with van der Waals surface area (Å²) in [5, 5.41) is 19.0. The number of amides is 6. The topological polar surface area (TPSA) is 264 Å². The van der Waals surface area contributed by atoms with Gasteiger partial charge in [0.25, 0.3) is 17.7 Å². The normalized spacial score (nSPS) is 19.7. The predicted molar refractivity (Wildman–Crippen MR) is 427 cm³/mol. The molecular weight excluding hydrogens is 1410 g/mol. The molecule has 3 saturated carbocycles. The summed E-state index contributed by atoms with van der Waals surface area (Å²) in [4.78, 5) is 126. The highest BCUT2D eigenvalue weighted by Crippen LogP contribution is 2.37. The quantitative estimate of drug-likeness (QED) is 0.0366. The minimum absolute atomic E-state index is 0.0643. The van der Waals surface area contributed by atoms with E-state index >= 15 is 0 Å². The van der Waals surface area contributed by atoms with E-state index in [-0.39, 0.29) is 90.6 Å². The van der Waals surface area contributed by atoms with Crippen molar-refractivity contribution < 1.29 is 52.6 Å². The van der Waals surface area contributed by atoms with Crippen LogP contribution < -0.4 is 46.6 Å². The Morgan fingerprint density at radius 2 is 0.736 bits per heavy atom. The highest BCUT2D eigenvalue weighted by atomic mass is 35.5. The molecule has 3 aliphatic carbocycles. The van der Waals surface area contributed by atoms with Gasteiger partial charge in [0.15, 0.2) is 17.3 Å². The van der Waals surface area contributed by atoms with Crippen molar-refractivity contribution in [2.24, 2.45) is 0 Å². The van der Waals surface area contributed by atoms with Gasteiger partial charge in [-0.25, -0.2) is 0 Å². The summed E-state index contributed by atoms with van der Waals surface area (Å²) in [6.45, 7) is 27.3. The lowest BCUT2D eigenvalue weighted by molar-refractivity contribution is -0.124. The first-order chi connectivity index (χ1) is 53.2. The van der Waals surface area contributed by atoms with Gasteiger partial charge < -0.3 is 70.8 Å². The molecule has 15 rings (SSSR count). The minimum atomic E-state index is -0.379. The Morgan fingerprint density at radius 1 is 0.418 bits per heavy atom. The molecule has 6 amide bonds. The fraction of sp³-hybridized carbons (Fsp3) is 0.407. The van der Waals surface area contributed by atoms with Crippen molar-refractivity contribution in [2.75, 3.05) is 116 Å². The van der Waals surface area contributed by atoms with Crippen molar-refractivity contribution in [3.63, 3.8) is 0 Å². The number of carbonyl (C=O) groups is 9. The van der Waals surface area contributed by atoms with E-state index in [1.165, 1.54) is 29.8 Å². The van der Waals surface area contributed by atoms with Gasteiger partial charge in [-0.1, -0.05) is 84.5 Å². The third kappa shape index (κ3) is 18.8. The number of Topliss-reactive ketones (excluding diaryl/α,β-unsaturated/α-hetero) is 3. The van der Waals surface area contributed by atoms with E-state index in [1.54, 1.807) is 20.8 Å². The summed E-state index contributed by atoms with van der Waals surface area (Å²) in [7, 11) is 0. The Bertz CT molecular complexity index is 4410. The second-order valence-electron chi connectivity index (χ2n) is 30.1. The van der Waals surface area contributed by atoms with Gasteiger partial charge in [-0.3, -0.25) is 43.2 Å². The molecule has 3 atom stereocenters. The highest BCUT2D eigenvalue weighted by molar-refractivity contribution is 6.33. The van der Waals surface area contributed by atoms with Crippen molar-refractivity contribution in [1.82, 2.24) is 30.7 Å². The number of fused-ring (bicyclic) bond motifs is 3. The maximum Gasteiger partial charge on any atom is 0.255 e. The Hall–Kier alpha value is -10.6. The van der Waals surface area contributed by atoms with Crippen molar-refractivity contribution in [3.05, 3.63) is 212 Å². The summed E-state index contributed by atoms with van der Waals surface area (Å²) in [5.41, 5.74) is 18.6. The molecule has 0 aromatic heterocycles. The highest BCUT2D eigenvalue weighted by Gasteiger charge is 2.41. The van der Waals surface area contributed by atoms with Gasteiger partial charge in [0.1, 0.15) is 0 Å². The van der Waals surface area contributed by atoms with E-state index < -0.39 is 0 Å². The van der Waals surface area contributed by atoms with Crippen LogP contribution in [0.15, 0.2) is 146 Å². The van der Waals surface area contributed by atoms with Crippen molar-refractivity contribution >= 4 is 98.5 Å². The zero-order chi connectivity index (χ0) is 77.1. The average Bonchev–Trinajstić information content (AvgIpc) is 1.64. The molecule has 6 N–H and O–H groups in total. The number of allylic oxidation sites excluding steroid dienone is 3. The fourth-order valence-electron chi connectivity index (χ4n) is 16.1. The molecule has 6 aromatic carbocycles. The molecule has 576 valence electrons. The smallest absolute Gasteiger partial charge is 0.255 e. The molecule has 110 heavy (non-hydrogen) atoms. The summed E-state index contributed by atoms with van der Waals surface area (Å²) in [6.07, 6.45) is 7.80. The van der Waals surface area contributed by atoms with Crippen molar-refractivity contribution in [1.29, 1.82) is 0 Å². The van der Waals surface area contributed by atoms with E-state index in [4.69, 9.17) is 21.1 Å². The van der Waals surface area contributed by atoms with Crippen LogP contribution in [0.4, 0.5) is 34.1 Å². The first-order valence-corrected chi connectivity index (χ1v) is 38.8. The number of aryl methyl sites for hydroxylation is 2. The lowest BCUT2D eigenvalue weighted by Crippen LogP contribution is -2.43. The second-order valence-corrected chi connectivity index (χ2v) is 30.5. The van der Waals surface area contributed by atoms with Gasteiger partial charge >= 0.3 is 0 Å². The molecule has 0 radical (unpaired) electrons. The molecule has 6 aromatic rings. The van der Waals surface area contributed by atoms with Gasteiger partial charge in [-0.15, -0.1) is 0 Å². The van der Waals surface area contributed by atoms with Gasteiger partial charge in [0.2, 0.25) is 17.7 Å². The largest absolute Gasteiger partial charge is 0.378 e. The fourth-order valence-corrected chi connectivity index (χ4v) is 16.4. The minimum Gasteiger partial charge on any atom is -0.378 e. The molecular formula is C86H99ClN12O11. The number of hydrogen-bond acceptors (Lipinski definition) is 17. The first kappa shape index (κ1) is 77.5. The van der Waals surface area contributed by atoms with Crippen LogP contribution in [-0.2, 0) is 77.5 Å². The number of benzene rings is 6. The number of rotatable bonds is 21. The number of hydrogen-bond donors (Lipinski definition) is 6. The number of morpholine rings is 2. The SMILES string of the molecule is C=C1CCC(N2Cc3cc(CNC(=O)CNc4ccc(N5CCCC5)c(C)c4)ccc3C2=O)C(=O)C1.C=C1CCC(N2Cc3cc(CNC(=O)CNc4ccc(N5CCOCC5)c(C)c4)ccc3C2=O)C(=O)C1.C=C1CCC(N2Cc3cc(CNC(=O)CNc4ccc(N5CCOCC5)c(Cl)c4)ccc3C2=O)C(=O)C1. The van der Waals surface area contributed by atoms with Crippen LogP contribution in [-0.4, -0.2) is 171 Å². The van der Waals surface area contributed by atoms with E-state index in [1.807, 2.05) is 78.9 Å². The lowest BCUT2D eigenvalue weighted by Gasteiger charge is -2.30. The Labute approximate surface area is 648 Å². The molecule has 3 saturated heterocycles. The standard InChI is InChI=1S/C29H34N4O4.C29H34N4O3.C28H31ClN4O4/c1-19-3-7-26(27(34)13-19)33-18-22-15-21(4-6-24(22)29(33)36)16-31-28(35)17-30-23-5-8-25(20(2)14-23)32-9-11-37-12-10-32;1-19-5-9-26(27(34)13-19)33-18-22-15-21(6-8-24(22)29(33)36)16-31-28(35)17-30-23-7-10-25(20(2)14-23)32-11-3-4-12-32;1-18-2-6-25(26(34)12-18)33-17-20-13-19(3-5-22(20)28(33)36)15-31-27(35)16-30-21-4-7-24(23(29)14-21)32-8-10-37-11-9-32/h4-6,8,14-15,26,30H,1,3,7,9-13,16-18H2,2H3,(H,31,35);6-8,10,14-15,26,30H,1,3-5,9,11-13,16-18H2,2H3,(H,31,35);3-5,7,13-14,25,30H,1-2,6,8-12,15-17H2,(H,31,35). The lowest BCUT2D eigenvalue weighted by atomic mass is 9.90. The third-order valence-electron chi connectivity index (χ3n) is 22.2. The van der Waals surface area contributed by atoms with Crippen LogP contribution in [0.3, 0.4) is 0 Å². The molecule has 24 heteroatoms. The van der Waals surface area contributed by atoms with Gasteiger partial charge in [-0.2, -0.15) is 0 Å². The number of ketones is 3.